The molecule has 5 heteroatoms. The Morgan fingerprint density at radius 2 is 2.27 bits per heavy atom. The van der Waals surface area contributed by atoms with Gasteiger partial charge in [0.05, 0.1) is 0 Å². The van der Waals surface area contributed by atoms with Crippen molar-refractivity contribution in [3.8, 4) is 0 Å². The van der Waals surface area contributed by atoms with Crippen LogP contribution in [0.3, 0.4) is 0 Å². The fourth-order valence-electron chi connectivity index (χ4n) is 3.59. The summed E-state index contributed by atoms with van der Waals surface area (Å²) >= 11 is 0. The first kappa shape index (κ1) is 15.3. The number of carbonyl (C=O) groups excluding carboxylic acids is 1. The number of piperidine rings is 1. The van der Waals surface area contributed by atoms with Crippen molar-refractivity contribution in [2.45, 2.75) is 39.0 Å². The second-order valence-corrected chi connectivity index (χ2v) is 6.67. The molecule has 1 aromatic rings. The van der Waals surface area contributed by atoms with Gasteiger partial charge in [0, 0.05) is 25.3 Å². The highest BCUT2D eigenvalue weighted by Crippen LogP contribution is 2.18. The van der Waals surface area contributed by atoms with E-state index in [0.717, 1.165) is 56.1 Å². The van der Waals surface area contributed by atoms with Gasteiger partial charge in [-0.3, -0.25) is 9.59 Å². The van der Waals surface area contributed by atoms with E-state index >= 15 is 0 Å². The van der Waals surface area contributed by atoms with Crippen molar-refractivity contribution in [2.75, 3.05) is 26.2 Å². The van der Waals surface area contributed by atoms with Crippen LogP contribution in [0.4, 0.5) is 0 Å². The zero-order chi connectivity index (χ0) is 15.5. The van der Waals surface area contributed by atoms with Crippen LogP contribution in [0.5, 0.6) is 0 Å². The molecule has 1 aliphatic heterocycles. The third-order valence-electron chi connectivity index (χ3n) is 4.79. The van der Waals surface area contributed by atoms with E-state index < -0.39 is 0 Å². The van der Waals surface area contributed by atoms with Gasteiger partial charge in [-0.2, -0.15) is 0 Å². The predicted octanol–water partition coefficient (Wildman–Crippen LogP) is 1.33. The summed E-state index contributed by atoms with van der Waals surface area (Å²) in [4.78, 5) is 29.5. The van der Waals surface area contributed by atoms with Crippen molar-refractivity contribution >= 4 is 5.91 Å². The monoisotopic (exact) mass is 303 g/mol. The summed E-state index contributed by atoms with van der Waals surface area (Å²) < 4.78 is 0. The molecule has 2 aliphatic rings. The Balaban J connectivity index is 1.55. The van der Waals surface area contributed by atoms with E-state index in [0.29, 0.717) is 6.54 Å². The molecule has 3 rings (SSSR count). The Hall–Kier alpha value is -1.62. The summed E-state index contributed by atoms with van der Waals surface area (Å²) in [7, 11) is 0. The molecule has 1 aromatic heterocycles. The topological polar surface area (TPSA) is 65.2 Å². The molecule has 1 amide bonds. The van der Waals surface area contributed by atoms with Crippen LogP contribution >= 0.6 is 0 Å². The molecule has 0 aromatic carbocycles. The normalized spacial score (nSPS) is 21.6. The number of aromatic amines is 1. The zero-order valence-electron chi connectivity index (χ0n) is 13.3. The van der Waals surface area contributed by atoms with Crippen molar-refractivity contribution < 1.29 is 4.79 Å². The lowest BCUT2D eigenvalue weighted by molar-refractivity contribution is 0.0942. The Kier molecular flexibility index (Phi) is 4.62. The average molecular weight is 303 g/mol. The van der Waals surface area contributed by atoms with Crippen molar-refractivity contribution in [1.29, 1.82) is 0 Å². The molecule has 5 nitrogen and oxygen atoms in total. The number of likely N-dealkylation sites (tertiary alicyclic amines) is 1. The minimum atomic E-state index is -0.259. The van der Waals surface area contributed by atoms with E-state index in [-0.39, 0.29) is 17.0 Å². The van der Waals surface area contributed by atoms with E-state index in [4.69, 9.17) is 0 Å². The average Bonchev–Trinajstić information content (AvgIpc) is 2.93. The van der Waals surface area contributed by atoms with Gasteiger partial charge in [-0.05, 0) is 56.2 Å². The number of hydrogen-bond donors (Lipinski definition) is 2. The predicted molar refractivity (Wildman–Crippen MR) is 86.3 cm³/mol. The molecule has 0 radical (unpaired) electrons. The number of rotatable bonds is 4. The van der Waals surface area contributed by atoms with Gasteiger partial charge in [0.25, 0.3) is 11.5 Å². The minimum Gasteiger partial charge on any atom is -0.351 e. The fraction of sp³-hybridized carbons (Fsp3) is 0.647. The lowest BCUT2D eigenvalue weighted by atomic mass is 10.0. The summed E-state index contributed by atoms with van der Waals surface area (Å²) in [6, 6.07) is 1.78. The molecule has 2 N–H and O–H groups in total. The first-order chi connectivity index (χ1) is 10.6. The van der Waals surface area contributed by atoms with Gasteiger partial charge in [0.15, 0.2) is 0 Å². The molecule has 1 atom stereocenters. The van der Waals surface area contributed by atoms with Gasteiger partial charge in [-0.1, -0.05) is 6.92 Å². The van der Waals surface area contributed by atoms with Crippen LogP contribution in [-0.2, 0) is 12.8 Å². The maximum absolute atomic E-state index is 12.2. The maximum Gasteiger partial charge on any atom is 0.261 e. The quantitative estimate of drug-likeness (QED) is 0.882. The molecular formula is C17H25N3O2. The van der Waals surface area contributed by atoms with Crippen molar-refractivity contribution in [2.24, 2.45) is 5.92 Å². The lowest BCUT2D eigenvalue weighted by Crippen LogP contribution is -2.41. The maximum atomic E-state index is 12.2. The van der Waals surface area contributed by atoms with Crippen LogP contribution in [0.1, 0.15) is 47.8 Å². The summed E-state index contributed by atoms with van der Waals surface area (Å²) in [6.07, 6.45) is 5.47. The number of aromatic nitrogens is 1. The van der Waals surface area contributed by atoms with E-state index in [1.54, 1.807) is 6.07 Å². The standard InChI is InChI=1S/C17H25N3O2/c1-12-4-3-8-20(11-12)9-7-18-16(21)14-10-13-5-2-6-15(13)19-17(14)22/h10,12H,2-9,11H2,1H3,(H,18,21)(H,19,22)/t12-/m1/s1. The molecule has 1 saturated heterocycles. The summed E-state index contributed by atoms with van der Waals surface area (Å²) in [5.74, 6) is 0.491. The van der Waals surface area contributed by atoms with Gasteiger partial charge in [-0.15, -0.1) is 0 Å². The Bertz CT molecular complexity index is 608. The first-order valence-electron chi connectivity index (χ1n) is 8.39. The summed E-state index contributed by atoms with van der Waals surface area (Å²) in [5, 5.41) is 2.89. The number of amides is 1. The Morgan fingerprint density at radius 3 is 3.09 bits per heavy atom. The van der Waals surface area contributed by atoms with Crippen molar-refractivity contribution in [3.63, 3.8) is 0 Å². The van der Waals surface area contributed by atoms with Crippen LogP contribution in [0.2, 0.25) is 0 Å². The number of nitrogens with zero attached hydrogens (tertiary/aromatic N) is 1. The van der Waals surface area contributed by atoms with Crippen molar-refractivity contribution in [3.05, 3.63) is 33.2 Å². The van der Waals surface area contributed by atoms with Gasteiger partial charge in [-0.25, -0.2) is 0 Å². The number of fused-ring (bicyclic) bond motifs is 1. The highest BCUT2D eigenvalue weighted by Gasteiger charge is 2.19. The second kappa shape index (κ2) is 6.65. The SMILES string of the molecule is C[C@@H]1CCCN(CCNC(=O)c2cc3c([nH]c2=O)CCC3)C1. The van der Waals surface area contributed by atoms with E-state index in [9.17, 15) is 9.59 Å². The lowest BCUT2D eigenvalue weighted by Gasteiger charge is -2.30. The van der Waals surface area contributed by atoms with Gasteiger partial charge >= 0.3 is 0 Å². The van der Waals surface area contributed by atoms with Crippen LogP contribution in [0.25, 0.3) is 0 Å². The highest BCUT2D eigenvalue weighted by atomic mass is 16.2. The third-order valence-corrected chi connectivity index (χ3v) is 4.79. The molecule has 1 aliphatic carbocycles. The third kappa shape index (κ3) is 3.40. The number of aryl methyl sites for hydroxylation is 2. The molecule has 22 heavy (non-hydrogen) atoms. The van der Waals surface area contributed by atoms with Gasteiger partial charge in [0.2, 0.25) is 0 Å². The van der Waals surface area contributed by atoms with Crippen LogP contribution in [-0.4, -0.2) is 42.0 Å². The summed E-state index contributed by atoms with van der Waals surface area (Å²) in [5.41, 5.74) is 2.12. The summed E-state index contributed by atoms with van der Waals surface area (Å²) in [6.45, 7) is 5.95. The molecule has 1 fully saturated rings. The molecule has 120 valence electrons. The van der Waals surface area contributed by atoms with Crippen LogP contribution in [0.15, 0.2) is 10.9 Å². The van der Waals surface area contributed by atoms with Gasteiger partial charge in [0.1, 0.15) is 5.56 Å². The van der Waals surface area contributed by atoms with Gasteiger partial charge < -0.3 is 15.2 Å². The number of hydrogen-bond acceptors (Lipinski definition) is 3. The van der Waals surface area contributed by atoms with E-state index in [2.05, 4.69) is 22.1 Å². The Morgan fingerprint density at radius 1 is 1.41 bits per heavy atom. The molecule has 0 saturated carbocycles. The van der Waals surface area contributed by atoms with E-state index in [1.165, 1.54) is 12.8 Å². The first-order valence-corrected chi connectivity index (χ1v) is 8.39. The van der Waals surface area contributed by atoms with Crippen LogP contribution < -0.4 is 10.9 Å². The zero-order valence-corrected chi connectivity index (χ0v) is 13.3. The molecule has 0 spiro atoms. The second-order valence-electron chi connectivity index (χ2n) is 6.67. The Labute approximate surface area is 131 Å². The number of H-pyrrole nitrogens is 1. The van der Waals surface area contributed by atoms with Crippen molar-refractivity contribution in [1.82, 2.24) is 15.2 Å². The van der Waals surface area contributed by atoms with E-state index in [1.807, 2.05) is 0 Å². The molecule has 2 heterocycles. The largest absolute Gasteiger partial charge is 0.351 e. The molecular weight excluding hydrogens is 278 g/mol. The number of pyridine rings is 1. The van der Waals surface area contributed by atoms with Crippen LogP contribution in [0, 0.1) is 5.92 Å². The fourth-order valence-corrected chi connectivity index (χ4v) is 3.59. The minimum absolute atomic E-state index is 0.249. The smallest absolute Gasteiger partial charge is 0.261 e. The molecule has 0 bridgehead atoms. The number of carbonyl (C=O) groups is 1. The number of nitrogens with one attached hydrogen (secondary N) is 2. The highest BCUT2D eigenvalue weighted by molar-refractivity contribution is 5.94. The molecule has 0 unspecified atom stereocenters.